The van der Waals surface area contributed by atoms with E-state index in [4.69, 9.17) is 10.5 Å². The van der Waals surface area contributed by atoms with E-state index in [2.05, 4.69) is 10.3 Å². The normalized spacial score (nSPS) is 10.4. The Morgan fingerprint density at radius 2 is 1.88 bits per heavy atom. The van der Waals surface area contributed by atoms with Gasteiger partial charge in [0.2, 0.25) is 0 Å². The van der Waals surface area contributed by atoms with Gasteiger partial charge in [-0.3, -0.25) is 4.79 Å². The molecule has 0 radical (unpaired) electrons. The summed E-state index contributed by atoms with van der Waals surface area (Å²) in [6, 6.07) is 7.72. The van der Waals surface area contributed by atoms with E-state index in [1.165, 1.54) is 11.3 Å². The van der Waals surface area contributed by atoms with Crippen molar-refractivity contribution in [2.45, 2.75) is 33.2 Å². The molecule has 1 aromatic heterocycles. The van der Waals surface area contributed by atoms with E-state index < -0.39 is 5.54 Å². The van der Waals surface area contributed by atoms with Crippen molar-refractivity contribution < 1.29 is 9.53 Å². The molecule has 0 bridgehead atoms. The fraction of sp³-hybridized carbons (Fsp3) is 0.412. The van der Waals surface area contributed by atoms with Gasteiger partial charge in [0.1, 0.15) is 15.6 Å². The van der Waals surface area contributed by atoms with Crippen LogP contribution >= 0.6 is 36.2 Å². The van der Waals surface area contributed by atoms with E-state index in [9.17, 15) is 4.79 Å². The number of nitrogens with two attached hydrogens (primary N) is 1. The summed E-state index contributed by atoms with van der Waals surface area (Å²) in [6.07, 6.45) is 0. The highest BCUT2D eigenvalue weighted by molar-refractivity contribution is 7.17. The van der Waals surface area contributed by atoms with Crippen molar-refractivity contribution in [3.05, 3.63) is 34.8 Å². The van der Waals surface area contributed by atoms with Crippen molar-refractivity contribution in [1.82, 2.24) is 10.3 Å². The van der Waals surface area contributed by atoms with Crippen LogP contribution < -0.4 is 15.8 Å². The predicted molar refractivity (Wildman–Crippen MR) is 109 cm³/mol. The van der Waals surface area contributed by atoms with E-state index in [0.717, 1.165) is 22.0 Å². The number of nitrogens with one attached hydrogen (secondary N) is 1. The number of hydrogen-bond acceptors (Lipinski definition) is 5. The average Bonchev–Trinajstić information content (AvgIpc) is 2.87. The predicted octanol–water partition coefficient (Wildman–Crippen LogP) is 3.83. The number of amides is 1. The van der Waals surface area contributed by atoms with Gasteiger partial charge in [-0.2, -0.15) is 0 Å². The number of carbonyl (C=O) groups is 1. The van der Waals surface area contributed by atoms with Crippen molar-refractivity contribution in [2.24, 2.45) is 5.73 Å². The molecule has 0 aliphatic carbocycles. The number of aryl methyl sites for hydroxylation is 1. The molecular formula is C17H25Cl2N3O2S. The number of hydrogen-bond donors (Lipinski definition) is 2. The van der Waals surface area contributed by atoms with Gasteiger partial charge < -0.3 is 15.8 Å². The lowest BCUT2D eigenvalue weighted by atomic mass is 10.1. The number of aromatic nitrogens is 1. The third-order valence-corrected chi connectivity index (χ3v) is 4.32. The second-order valence-corrected chi connectivity index (χ2v) is 7.06. The fourth-order valence-electron chi connectivity index (χ4n) is 1.98. The van der Waals surface area contributed by atoms with Crippen LogP contribution in [0.4, 0.5) is 0 Å². The summed E-state index contributed by atoms with van der Waals surface area (Å²) in [6.45, 7) is 8.60. The Hall–Kier alpha value is -1.34. The molecule has 0 aliphatic heterocycles. The third-order valence-electron chi connectivity index (χ3n) is 3.12. The van der Waals surface area contributed by atoms with Gasteiger partial charge in [-0.1, -0.05) is 0 Å². The van der Waals surface area contributed by atoms with Crippen LogP contribution in [0.3, 0.4) is 0 Å². The molecule has 3 N–H and O–H groups in total. The molecule has 140 valence electrons. The molecular weight excluding hydrogens is 381 g/mol. The van der Waals surface area contributed by atoms with Gasteiger partial charge in [0.25, 0.3) is 5.91 Å². The summed E-state index contributed by atoms with van der Waals surface area (Å²) in [5.41, 5.74) is 7.16. The van der Waals surface area contributed by atoms with Crippen molar-refractivity contribution in [2.75, 3.05) is 13.2 Å². The molecule has 0 saturated heterocycles. The van der Waals surface area contributed by atoms with Crippen LogP contribution in [0.1, 0.15) is 36.1 Å². The van der Waals surface area contributed by atoms with Crippen LogP contribution in [0.25, 0.3) is 10.6 Å². The SMILES string of the molecule is CCOc1ccc(-c2nc(C)c(C(=O)NCC(C)(C)N)s2)cc1.Cl.Cl. The first-order valence-corrected chi connectivity index (χ1v) is 8.39. The van der Waals surface area contributed by atoms with Gasteiger partial charge >= 0.3 is 0 Å². The number of rotatable bonds is 6. The highest BCUT2D eigenvalue weighted by Gasteiger charge is 2.18. The first-order valence-electron chi connectivity index (χ1n) is 7.58. The minimum absolute atomic E-state index is 0. The summed E-state index contributed by atoms with van der Waals surface area (Å²) in [5, 5.41) is 3.68. The van der Waals surface area contributed by atoms with Crippen LogP contribution in [0.15, 0.2) is 24.3 Å². The Morgan fingerprint density at radius 1 is 1.28 bits per heavy atom. The molecule has 1 heterocycles. The molecule has 1 aromatic carbocycles. The Morgan fingerprint density at radius 3 is 2.40 bits per heavy atom. The van der Waals surface area contributed by atoms with Gasteiger partial charge in [-0.15, -0.1) is 36.2 Å². The van der Waals surface area contributed by atoms with Crippen LogP contribution in [0, 0.1) is 6.92 Å². The molecule has 5 nitrogen and oxygen atoms in total. The van der Waals surface area contributed by atoms with Crippen LogP contribution in [-0.2, 0) is 0 Å². The maximum atomic E-state index is 12.3. The number of ether oxygens (including phenoxy) is 1. The van der Waals surface area contributed by atoms with Crippen LogP contribution in [0.2, 0.25) is 0 Å². The monoisotopic (exact) mass is 405 g/mol. The fourth-order valence-corrected chi connectivity index (χ4v) is 2.97. The van der Waals surface area contributed by atoms with Crippen molar-refractivity contribution >= 4 is 42.1 Å². The topological polar surface area (TPSA) is 77.2 Å². The zero-order chi connectivity index (χ0) is 17.0. The van der Waals surface area contributed by atoms with E-state index in [-0.39, 0.29) is 30.7 Å². The van der Waals surface area contributed by atoms with Crippen molar-refractivity contribution in [1.29, 1.82) is 0 Å². The maximum absolute atomic E-state index is 12.3. The minimum atomic E-state index is -0.438. The van der Waals surface area contributed by atoms with E-state index >= 15 is 0 Å². The summed E-state index contributed by atoms with van der Waals surface area (Å²) in [4.78, 5) is 17.4. The highest BCUT2D eigenvalue weighted by Crippen LogP contribution is 2.29. The lowest BCUT2D eigenvalue weighted by Gasteiger charge is -2.18. The average molecular weight is 406 g/mol. The molecule has 2 aromatic rings. The Kier molecular flexibility index (Phi) is 9.43. The second-order valence-electron chi connectivity index (χ2n) is 6.06. The maximum Gasteiger partial charge on any atom is 0.263 e. The third kappa shape index (κ3) is 6.82. The summed E-state index contributed by atoms with van der Waals surface area (Å²) in [7, 11) is 0. The Balaban J connectivity index is 0.00000288. The van der Waals surface area contributed by atoms with Gasteiger partial charge in [-0.05, 0) is 52.0 Å². The van der Waals surface area contributed by atoms with Gasteiger partial charge in [0.05, 0.1) is 12.3 Å². The molecule has 0 fully saturated rings. The molecule has 0 atom stereocenters. The zero-order valence-corrected chi connectivity index (χ0v) is 17.2. The molecule has 25 heavy (non-hydrogen) atoms. The standard InChI is InChI=1S/C17H23N3O2S.2ClH/c1-5-22-13-8-6-12(7-9-13)16-20-11(2)14(23-16)15(21)19-10-17(3,4)18;;/h6-9H,5,10,18H2,1-4H3,(H,19,21);2*1H. The number of nitrogens with zero attached hydrogens (tertiary/aromatic N) is 1. The molecule has 0 aliphatic rings. The second kappa shape index (κ2) is 9.97. The largest absolute Gasteiger partial charge is 0.494 e. The van der Waals surface area contributed by atoms with E-state index in [1.807, 2.05) is 52.0 Å². The lowest BCUT2D eigenvalue weighted by Crippen LogP contribution is -2.45. The number of thiazole rings is 1. The summed E-state index contributed by atoms with van der Waals surface area (Å²) < 4.78 is 5.43. The molecule has 0 spiro atoms. The Bertz CT molecular complexity index is 682. The zero-order valence-electron chi connectivity index (χ0n) is 14.8. The number of benzene rings is 1. The van der Waals surface area contributed by atoms with Crippen molar-refractivity contribution in [3.8, 4) is 16.3 Å². The lowest BCUT2D eigenvalue weighted by molar-refractivity contribution is 0.0949. The van der Waals surface area contributed by atoms with E-state index in [0.29, 0.717) is 18.0 Å². The van der Waals surface area contributed by atoms with Gasteiger partial charge in [0.15, 0.2) is 0 Å². The van der Waals surface area contributed by atoms with Gasteiger partial charge in [0, 0.05) is 17.6 Å². The molecule has 0 unspecified atom stereocenters. The molecule has 0 saturated carbocycles. The van der Waals surface area contributed by atoms with Crippen LogP contribution in [0.5, 0.6) is 5.75 Å². The Labute approximate surface area is 165 Å². The number of carbonyl (C=O) groups excluding carboxylic acids is 1. The minimum Gasteiger partial charge on any atom is -0.494 e. The van der Waals surface area contributed by atoms with Crippen molar-refractivity contribution in [3.63, 3.8) is 0 Å². The quantitative estimate of drug-likeness (QED) is 0.765. The summed E-state index contributed by atoms with van der Waals surface area (Å²) in [5.74, 6) is 0.698. The van der Waals surface area contributed by atoms with Gasteiger partial charge in [-0.25, -0.2) is 4.98 Å². The van der Waals surface area contributed by atoms with Crippen LogP contribution in [-0.4, -0.2) is 29.6 Å². The highest BCUT2D eigenvalue weighted by atomic mass is 35.5. The number of halogens is 2. The van der Waals surface area contributed by atoms with E-state index in [1.54, 1.807) is 0 Å². The first kappa shape index (κ1) is 23.7. The smallest absolute Gasteiger partial charge is 0.263 e. The molecule has 8 heteroatoms. The summed E-state index contributed by atoms with van der Waals surface area (Å²) >= 11 is 1.39. The molecule has 2 rings (SSSR count). The molecule has 1 amide bonds. The first-order chi connectivity index (χ1) is 10.8.